The van der Waals surface area contributed by atoms with Crippen LogP contribution in [-0.4, -0.2) is 20.4 Å². The Balaban J connectivity index is 2.10. The summed E-state index contributed by atoms with van der Waals surface area (Å²) in [6.45, 7) is 2.96. The predicted octanol–water partition coefficient (Wildman–Crippen LogP) is 2.59. The molecule has 0 saturated heterocycles. The summed E-state index contributed by atoms with van der Waals surface area (Å²) in [7, 11) is -1.57. The second-order valence-corrected chi connectivity index (χ2v) is 7.18. The zero-order valence-corrected chi connectivity index (χ0v) is 13.1. The standard InChI is InChI=1S/C14H18N2O2S2/c1-11(16(2)9-12-7-8-19-10-12)13-3-5-14(6-4-13)20(15,17)18/h3-8,10-11H,9H2,1-2H3,(H2,15,17,18)/t11-/m1/s1. The lowest BCUT2D eigenvalue weighted by Gasteiger charge is -2.24. The fraction of sp³-hybridized carbons (Fsp3) is 0.286. The van der Waals surface area contributed by atoms with Gasteiger partial charge in [0, 0.05) is 12.6 Å². The molecule has 0 amide bonds. The van der Waals surface area contributed by atoms with Crippen molar-refractivity contribution in [1.29, 1.82) is 0 Å². The van der Waals surface area contributed by atoms with E-state index in [9.17, 15) is 8.42 Å². The van der Waals surface area contributed by atoms with Gasteiger partial charge >= 0.3 is 0 Å². The highest BCUT2D eigenvalue weighted by Crippen LogP contribution is 2.22. The van der Waals surface area contributed by atoms with Crippen LogP contribution in [0, 0.1) is 0 Å². The maximum atomic E-state index is 11.2. The minimum Gasteiger partial charge on any atom is -0.295 e. The lowest BCUT2D eigenvalue weighted by molar-refractivity contribution is 0.253. The molecule has 0 radical (unpaired) electrons. The topological polar surface area (TPSA) is 63.4 Å². The normalized spacial score (nSPS) is 13.6. The molecule has 0 saturated carbocycles. The zero-order chi connectivity index (χ0) is 14.8. The Morgan fingerprint density at radius 2 is 1.90 bits per heavy atom. The maximum Gasteiger partial charge on any atom is 0.238 e. The van der Waals surface area contributed by atoms with Crippen LogP contribution in [0.4, 0.5) is 0 Å². The first kappa shape index (κ1) is 15.2. The lowest BCUT2D eigenvalue weighted by atomic mass is 10.1. The van der Waals surface area contributed by atoms with Gasteiger partial charge in [-0.1, -0.05) is 12.1 Å². The van der Waals surface area contributed by atoms with E-state index >= 15 is 0 Å². The van der Waals surface area contributed by atoms with Crippen LogP contribution in [0.2, 0.25) is 0 Å². The molecule has 108 valence electrons. The third-order valence-corrected chi connectivity index (χ3v) is 5.03. The Hall–Kier alpha value is -1.21. The molecule has 2 N–H and O–H groups in total. The molecule has 2 rings (SSSR count). The fourth-order valence-electron chi connectivity index (χ4n) is 2.00. The molecule has 0 bridgehead atoms. The number of sulfonamides is 1. The van der Waals surface area contributed by atoms with Crippen molar-refractivity contribution >= 4 is 21.4 Å². The zero-order valence-electron chi connectivity index (χ0n) is 11.5. The highest BCUT2D eigenvalue weighted by Gasteiger charge is 2.14. The van der Waals surface area contributed by atoms with Gasteiger partial charge in [0.15, 0.2) is 0 Å². The Morgan fingerprint density at radius 3 is 2.40 bits per heavy atom. The van der Waals surface area contributed by atoms with Gasteiger partial charge in [-0.05, 0) is 54.1 Å². The summed E-state index contributed by atoms with van der Waals surface area (Å²) in [4.78, 5) is 2.36. The third-order valence-electron chi connectivity index (χ3n) is 3.36. The largest absolute Gasteiger partial charge is 0.295 e. The van der Waals surface area contributed by atoms with Gasteiger partial charge in [-0.2, -0.15) is 11.3 Å². The summed E-state index contributed by atoms with van der Waals surface area (Å²) >= 11 is 1.69. The maximum absolute atomic E-state index is 11.2. The van der Waals surface area contributed by atoms with Crippen LogP contribution in [-0.2, 0) is 16.6 Å². The smallest absolute Gasteiger partial charge is 0.238 e. The monoisotopic (exact) mass is 310 g/mol. The molecular weight excluding hydrogens is 292 g/mol. The van der Waals surface area contributed by atoms with Crippen molar-refractivity contribution in [3.05, 3.63) is 52.2 Å². The number of hydrogen-bond acceptors (Lipinski definition) is 4. The Labute approximate surface area is 123 Å². The Kier molecular flexibility index (Phi) is 4.59. The van der Waals surface area contributed by atoms with Crippen molar-refractivity contribution in [2.24, 2.45) is 5.14 Å². The third kappa shape index (κ3) is 3.67. The first-order chi connectivity index (χ1) is 9.38. The second-order valence-electron chi connectivity index (χ2n) is 4.84. The highest BCUT2D eigenvalue weighted by molar-refractivity contribution is 7.89. The van der Waals surface area contributed by atoms with Gasteiger partial charge in [-0.3, -0.25) is 4.90 Å². The molecule has 1 aromatic carbocycles. The predicted molar refractivity (Wildman–Crippen MR) is 82.0 cm³/mol. The second kappa shape index (κ2) is 6.05. The summed E-state index contributed by atoms with van der Waals surface area (Å²) in [5.74, 6) is 0. The number of benzene rings is 1. The van der Waals surface area contributed by atoms with E-state index in [0.29, 0.717) is 0 Å². The van der Waals surface area contributed by atoms with E-state index < -0.39 is 10.0 Å². The molecule has 0 aliphatic rings. The van der Waals surface area contributed by atoms with Gasteiger partial charge in [0.1, 0.15) is 0 Å². The minimum absolute atomic E-state index is 0.147. The van der Waals surface area contributed by atoms with E-state index in [-0.39, 0.29) is 10.9 Å². The molecular formula is C14H18N2O2S2. The molecule has 0 aliphatic heterocycles. The van der Waals surface area contributed by atoms with E-state index in [0.717, 1.165) is 12.1 Å². The molecule has 2 aromatic rings. The van der Waals surface area contributed by atoms with Crippen molar-refractivity contribution in [2.45, 2.75) is 24.4 Å². The average Bonchev–Trinajstić information content (AvgIpc) is 2.90. The Morgan fingerprint density at radius 1 is 1.25 bits per heavy atom. The first-order valence-corrected chi connectivity index (χ1v) is 8.71. The summed E-state index contributed by atoms with van der Waals surface area (Å²) in [5.41, 5.74) is 2.35. The molecule has 4 nitrogen and oxygen atoms in total. The highest BCUT2D eigenvalue weighted by atomic mass is 32.2. The quantitative estimate of drug-likeness (QED) is 0.923. The SMILES string of the molecule is C[C@H](c1ccc(S(N)(=O)=O)cc1)N(C)Cc1ccsc1. The van der Waals surface area contributed by atoms with Gasteiger partial charge in [0.25, 0.3) is 0 Å². The van der Waals surface area contributed by atoms with E-state index in [1.165, 1.54) is 5.56 Å². The van der Waals surface area contributed by atoms with Crippen molar-refractivity contribution in [3.8, 4) is 0 Å². The summed E-state index contributed by atoms with van der Waals surface area (Å²) < 4.78 is 22.5. The van der Waals surface area contributed by atoms with Gasteiger partial charge in [-0.15, -0.1) is 0 Å². The van der Waals surface area contributed by atoms with Crippen LogP contribution >= 0.6 is 11.3 Å². The van der Waals surface area contributed by atoms with Crippen molar-refractivity contribution in [1.82, 2.24) is 4.90 Å². The van der Waals surface area contributed by atoms with Crippen molar-refractivity contribution in [3.63, 3.8) is 0 Å². The molecule has 6 heteroatoms. The van der Waals surface area contributed by atoms with E-state index in [4.69, 9.17) is 5.14 Å². The molecule has 20 heavy (non-hydrogen) atoms. The number of thiophene rings is 1. The Bertz CT molecular complexity index is 649. The van der Waals surface area contributed by atoms with Crippen LogP contribution < -0.4 is 5.14 Å². The minimum atomic E-state index is -3.62. The number of nitrogens with zero attached hydrogens (tertiary/aromatic N) is 1. The number of nitrogens with two attached hydrogens (primary N) is 1. The van der Waals surface area contributed by atoms with Gasteiger partial charge < -0.3 is 0 Å². The summed E-state index contributed by atoms with van der Waals surface area (Å²) in [5, 5.41) is 9.29. The van der Waals surface area contributed by atoms with Crippen LogP contribution in [0.25, 0.3) is 0 Å². The van der Waals surface area contributed by atoms with Crippen LogP contribution in [0.1, 0.15) is 24.1 Å². The summed E-state index contributed by atoms with van der Waals surface area (Å²) in [6, 6.07) is 9.05. The average molecular weight is 310 g/mol. The number of rotatable bonds is 5. The number of primary sulfonamides is 1. The van der Waals surface area contributed by atoms with Crippen LogP contribution in [0.5, 0.6) is 0 Å². The molecule has 1 aromatic heterocycles. The van der Waals surface area contributed by atoms with E-state index in [1.54, 1.807) is 23.5 Å². The van der Waals surface area contributed by atoms with Gasteiger partial charge in [-0.25, -0.2) is 13.6 Å². The van der Waals surface area contributed by atoms with Crippen LogP contribution in [0.3, 0.4) is 0 Å². The van der Waals surface area contributed by atoms with E-state index in [1.807, 2.05) is 12.1 Å². The number of hydrogen-bond donors (Lipinski definition) is 1. The molecule has 1 heterocycles. The first-order valence-electron chi connectivity index (χ1n) is 6.22. The molecule has 0 aliphatic carbocycles. The fourth-order valence-corrected chi connectivity index (χ4v) is 3.17. The molecule has 1 atom stereocenters. The van der Waals surface area contributed by atoms with Crippen molar-refractivity contribution in [2.75, 3.05) is 7.05 Å². The molecule has 0 fully saturated rings. The van der Waals surface area contributed by atoms with Gasteiger partial charge in [0.2, 0.25) is 10.0 Å². The van der Waals surface area contributed by atoms with Gasteiger partial charge in [0.05, 0.1) is 4.90 Å². The lowest BCUT2D eigenvalue weighted by Crippen LogP contribution is -2.21. The molecule has 0 unspecified atom stereocenters. The van der Waals surface area contributed by atoms with Crippen molar-refractivity contribution < 1.29 is 8.42 Å². The van der Waals surface area contributed by atoms with E-state index in [2.05, 4.69) is 35.7 Å². The molecule has 0 spiro atoms. The van der Waals surface area contributed by atoms with Crippen LogP contribution in [0.15, 0.2) is 46.0 Å². The summed E-state index contributed by atoms with van der Waals surface area (Å²) in [6.07, 6.45) is 0.